The number of nitrogens with zero attached hydrogens (tertiary/aromatic N) is 1. The molecule has 132 valence electrons. The highest BCUT2D eigenvalue weighted by atomic mass is 32.2. The van der Waals surface area contributed by atoms with Gasteiger partial charge in [0, 0.05) is 18.1 Å². The van der Waals surface area contributed by atoms with Crippen LogP contribution in [0.3, 0.4) is 0 Å². The Labute approximate surface area is 154 Å². The molecular formula is C21H26N2OS. The molecule has 1 N–H and O–H groups in total. The van der Waals surface area contributed by atoms with Gasteiger partial charge >= 0.3 is 0 Å². The molecule has 25 heavy (non-hydrogen) atoms. The van der Waals surface area contributed by atoms with E-state index in [0.717, 1.165) is 11.3 Å². The number of amides is 1. The van der Waals surface area contributed by atoms with Crippen molar-refractivity contribution in [3.63, 3.8) is 0 Å². The van der Waals surface area contributed by atoms with Crippen LogP contribution in [-0.2, 0) is 10.5 Å². The third kappa shape index (κ3) is 5.60. The molecule has 4 heteroatoms. The molecule has 0 unspecified atom stereocenters. The molecule has 2 aromatic rings. The second-order valence-corrected chi connectivity index (χ2v) is 7.69. The first-order valence-corrected chi connectivity index (χ1v) is 10.3. The van der Waals surface area contributed by atoms with Crippen LogP contribution in [0.1, 0.15) is 49.3 Å². The third-order valence-corrected chi connectivity index (χ3v) is 5.82. The Bertz CT molecular complexity index is 641. The van der Waals surface area contributed by atoms with Crippen LogP contribution in [0.4, 0.5) is 0 Å². The van der Waals surface area contributed by atoms with Crippen molar-refractivity contribution < 1.29 is 4.79 Å². The van der Waals surface area contributed by atoms with Gasteiger partial charge in [0.2, 0.25) is 5.91 Å². The average molecular weight is 355 g/mol. The maximum absolute atomic E-state index is 12.5. The molecule has 1 fully saturated rings. The highest BCUT2D eigenvalue weighted by Gasteiger charge is 2.26. The number of aromatic nitrogens is 1. The normalized spacial score (nSPS) is 16.3. The van der Waals surface area contributed by atoms with Crippen LogP contribution in [0.15, 0.2) is 54.9 Å². The summed E-state index contributed by atoms with van der Waals surface area (Å²) in [4.78, 5) is 16.6. The van der Waals surface area contributed by atoms with Gasteiger partial charge in [-0.3, -0.25) is 9.78 Å². The zero-order valence-corrected chi connectivity index (χ0v) is 15.4. The van der Waals surface area contributed by atoms with Crippen molar-refractivity contribution in [3.05, 3.63) is 66.0 Å². The molecule has 3 rings (SSSR count). The zero-order chi connectivity index (χ0) is 17.3. The second kappa shape index (κ2) is 9.62. The Balaban J connectivity index is 1.56. The van der Waals surface area contributed by atoms with Gasteiger partial charge in [0.1, 0.15) is 0 Å². The Hall–Kier alpha value is -1.81. The van der Waals surface area contributed by atoms with E-state index >= 15 is 0 Å². The van der Waals surface area contributed by atoms with Crippen molar-refractivity contribution in [2.45, 2.75) is 43.9 Å². The quantitative estimate of drug-likeness (QED) is 0.780. The Kier molecular flexibility index (Phi) is 6.92. The maximum atomic E-state index is 12.5. The van der Waals surface area contributed by atoms with Gasteiger partial charge in [0.05, 0.1) is 11.8 Å². The number of hydrogen-bond donors (Lipinski definition) is 1. The topological polar surface area (TPSA) is 42.0 Å². The van der Waals surface area contributed by atoms with Crippen LogP contribution in [0.5, 0.6) is 0 Å². The van der Waals surface area contributed by atoms with Gasteiger partial charge in [0.15, 0.2) is 0 Å². The van der Waals surface area contributed by atoms with Crippen molar-refractivity contribution in [1.29, 1.82) is 0 Å². The summed E-state index contributed by atoms with van der Waals surface area (Å²) in [7, 11) is 0. The van der Waals surface area contributed by atoms with Crippen molar-refractivity contribution in [1.82, 2.24) is 10.3 Å². The summed E-state index contributed by atoms with van der Waals surface area (Å²) in [6, 6.07) is 14.6. The fourth-order valence-electron chi connectivity index (χ4n) is 3.56. The van der Waals surface area contributed by atoms with Gasteiger partial charge in [-0.15, -0.1) is 11.8 Å². The fourth-order valence-corrected chi connectivity index (χ4v) is 4.34. The molecule has 1 heterocycles. The summed E-state index contributed by atoms with van der Waals surface area (Å²) in [5, 5.41) is 3.31. The van der Waals surface area contributed by atoms with Gasteiger partial charge in [0.25, 0.3) is 0 Å². The SMILES string of the molecule is O=C(CSCc1cccnc1)N[C@H](c1ccccc1)C1CCCCC1. The summed E-state index contributed by atoms with van der Waals surface area (Å²) in [5.41, 5.74) is 2.40. The predicted molar refractivity (Wildman–Crippen MR) is 104 cm³/mol. The summed E-state index contributed by atoms with van der Waals surface area (Å²) < 4.78 is 0. The van der Waals surface area contributed by atoms with E-state index in [1.165, 1.54) is 37.7 Å². The monoisotopic (exact) mass is 354 g/mol. The maximum Gasteiger partial charge on any atom is 0.230 e. The first-order chi connectivity index (χ1) is 12.3. The van der Waals surface area contributed by atoms with E-state index < -0.39 is 0 Å². The standard InChI is InChI=1S/C21H26N2OS/c24-20(16-25-15-17-8-7-13-22-14-17)23-21(18-9-3-1-4-10-18)19-11-5-2-6-12-19/h1,3-4,7-10,13-14,19,21H,2,5-6,11-12,15-16H2,(H,23,24)/t21-/m1/s1. The minimum atomic E-state index is 0.133. The summed E-state index contributed by atoms with van der Waals surface area (Å²) >= 11 is 1.65. The van der Waals surface area contributed by atoms with E-state index in [1.54, 1.807) is 18.0 Å². The van der Waals surface area contributed by atoms with Gasteiger partial charge in [-0.1, -0.05) is 55.7 Å². The Morgan fingerprint density at radius 1 is 1.12 bits per heavy atom. The number of benzene rings is 1. The van der Waals surface area contributed by atoms with Crippen LogP contribution >= 0.6 is 11.8 Å². The second-order valence-electron chi connectivity index (χ2n) is 6.71. The third-order valence-electron chi connectivity index (χ3n) is 4.82. The number of hydrogen-bond acceptors (Lipinski definition) is 3. The molecule has 0 bridgehead atoms. The number of thioether (sulfide) groups is 1. The lowest BCUT2D eigenvalue weighted by Gasteiger charge is -2.31. The van der Waals surface area contributed by atoms with E-state index in [2.05, 4.69) is 34.6 Å². The van der Waals surface area contributed by atoms with Crippen molar-refractivity contribution >= 4 is 17.7 Å². The first kappa shape index (κ1) is 18.0. The van der Waals surface area contributed by atoms with E-state index in [4.69, 9.17) is 0 Å². The van der Waals surface area contributed by atoms with E-state index in [-0.39, 0.29) is 11.9 Å². The molecular weight excluding hydrogens is 328 g/mol. The molecule has 1 aliphatic rings. The molecule has 0 radical (unpaired) electrons. The lowest BCUT2D eigenvalue weighted by molar-refractivity contribution is -0.119. The molecule has 0 spiro atoms. The average Bonchev–Trinajstić information content (AvgIpc) is 2.68. The van der Waals surface area contributed by atoms with Crippen LogP contribution in [0.25, 0.3) is 0 Å². The summed E-state index contributed by atoms with van der Waals surface area (Å²) in [6.07, 6.45) is 9.94. The lowest BCUT2D eigenvalue weighted by atomic mass is 9.81. The smallest absolute Gasteiger partial charge is 0.230 e. The van der Waals surface area contributed by atoms with Crippen LogP contribution in [-0.4, -0.2) is 16.6 Å². The molecule has 1 saturated carbocycles. The minimum absolute atomic E-state index is 0.133. The van der Waals surface area contributed by atoms with Gasteiger partial charge in [-0.25, -0.2) is 0 Å². The molecule has 0 aliphatic heterocycles. The van der Waals surface area contributed by atoms with E-state index in [9.17, 15) is 4.79 Å². The fraction of sp³-hybridized carbons (Fsp3) is 0.429. The molecule has 1 aromatic carbocycles. The highest BCUT2D eigenvalue weighted by Crippen LogP contribution is 2.34. The number of carbonyl (C=O) groups is 1. The van der Waals surface area contributed by atoms with Gasteiger partial charge < -0.3 is 5.32 Å². The first-order valence-electron chi connectivity index (χ1n) is 9.14. The number of carbonyl (C=O) groups excluding carboxylic acids is 1. The molecule has 1 aliphatic carbocycles. The van der Waals surface area contributed by atoms with Gasteiger partial charge in [-0.05, 0) is 36.0 Å². The highest BCUT2D eigenvalue weighted by molar-refractivity contribution is 7.99. The number of nitrogens with one attached hydrogen (secondary N) is 1. The Morgan fingerprint density at radius 3 is 2.64 bits per heavy atom. The minimum Gasteiger partial charge on any atom is -0.348 e. The van der Waals surface area contributed by atoms with Gasteiger partial charge in [-0.2, -0.15) is 0 Å². The molecule has 0 saturated heterocycles. The summed E-state index contributed by atoms with van der Waals surface area (Å²) in [5.74, 6) is 2.00. The molecule has 3 nitrogen and oxygen atoms in total. The van der Waals surface area contributed by atoms with Crippen molar-refractivity contribution in [2.24, 2.45) is 5.92 Å². The Morgan fingerprint density at radius 2 is 1.92 bits per heavy atom. The lowest BCUT2D eigenvalue weighted by Crippen LogP contribution is -2.35. The zero-order valence-electron chi connectivity index (χ0n) is 14.6. The van der Waals surface area contributed by atoms with Crippen molar-refractivity contribution in [2.75, 3.05) is 5.75 Å². The molecule has 1 atom stereocenters. The van der Waals surface area contributed by atoms with Crippen LogP contribution < -0.4 is 5.32 Å². The van der Waals surface area contributed by atoms with Crippen molar-refractivity contribution in [3.8, 4) is 0 Å². The number of pyridine rings is 1. The van der Waals surface area contributed by atoms with Crippen LogP contribution in [0.2, 0.25) is 0 Å². The van der Waals surface area contributed by atoms with E-state index in [0.29, 0.717) is 11.7 Å². The summed E-state index contributed by atoms with van der Waals surface area (Å²) in [6.45, 7) is 0. The predicted octanol–water partition coefficient (Wildman–Crippen LogP) is 4.75. The number of rotatable bonds is 7. The van der Waals surface area contributed by atoms with Crippen LogP contribution in [0, 0.1) is 5.92 Å². The largest absolute Gasteiger partial charge is 0.348 e. The molecule has 1 amide bonds. The van der Waals surface area contributed by atoms with E-state index in [1.807, 2.05) is 24.4 Å². The molecule has 1 aromatic heterocycles.